The highest BCUT2D eigenvalue weighted by molar-refractivity contribution is 6.50. The molecule has 0 aliphatic carbocycles. The van der Waals surface area contributed by atoms with E-state index in [9.17, 15) is 19.5 Å². The lowest BCUT2D eigenvalue weighted by Crippen LogP contribution is -2.52. The zero-order chi connectivity index (χ0) is 27.0. The molecule has 0 aromatic heterocycles. The summed E-state index contributed by atoms with van der Waals surface area (Å²) in [6, 6.07) is 12.2. The number of methoxy groups -OCH3 is 1. The van der Waals surface area contributed by atoms with Crippen molar-refractivity contribution in [1.29, 1.82) is 0 Å². The van der Waals surface area contributed by atoms with Crippen molar-refractivity contribution in [3.63, 3.8) is 0 Å². The molecule has 1 N–H and O–H groups in total. The maximum atomic E-state index is 14.3. The van der Waals surface area contributed by atoms with Gasteiger partial charge in [0.05, 0.1) is 31.6 Å². The molecule has 1 atom stereocenters. The molecule has 2 aromatic carbocycles. The minimum Gasteiger partial charge on any atom is -0.507 e. The summed E-state index contributed by atoms with van der Waals surface area (Å²) < 4.78 is 10.8. The Balaban J connectivity index is 1.65. The van der Waals surface area contributed by atoms with Gasteiger partial charge in [0, 0.05) is 43.9 Å². The molecule has 2 saturated heterocycles. The highest BCUT2D eigenvalue weighted by atomic mass is 16.5. The average molecular weight is 520 g/mol. The molecule has 1 spiro atoms. The van der Waals surface area contributed by atoms with Crippen molar-refractivity contribution < 1.29 is 29.0 Å². The Kier molecular flexibility index (Phi) is 6.98. The molecule has 38 heavy (non-hydrogen) atoms. The van der Waals surface area contributed by atoms with Gasteiger partial charge in [0.15, 0.2) is 5.54 Å². The number of anilines is 1. The van der Waals surface area contributed by atoms with Crippen molar-refractivity contribution >= 4 is 29.0 Å². The van der Waals surface area contributed by atoms with E-state index in [1.807, 2.05) is 26.0 Å². The van der Waals surface area contributed by atoms with Gasteiger partial charge in [-0.05, 0) is 50.1 Å². The molecule has 3 heterocycles. The largest absolute Gasteiger partial charge is 0.507 e. The molecule has 200 valence electrons. The first-order valence-electron chi connectivity index (χ1n) is 13.0. The first kappa shape index (κ1) is 25.9. The summed E-state index contributed by atoms with van der Waals surface area (Å²) >= 11 is 0. The number of fused-ring (bicyclic) bond motifs is 2. The average Bonchev–Trinajstić information content (AvgIpc) is 3.31. The number of carbonyl (C=O) groups is 3. The van der Waals surface area contributed by atoms with E-state index in [-0.39, 0.29) is 17.9 Å². The third-order valence-corrected chi connectivity index (χ3v) is 7.75. The summed E-state index contributed by atoms with van der Waals surface area (Å²) in [5, 5.41) is 11.6. The second-order valence-corrected chi connectivity index (χ2v) is 9.78. The minimum absolute atomic E-state index is 0.188. The Morgan fingerprint density at radius 1 is 1.08 bits per heavy atom. The summed E-state index contributed by atoms with van der Waals surface area (Å²) in [4.78, 5) is 46.8. The van der Waals surface area contributed by atoms with Crippen LogP contribution in [-0.2, 0) is 24.7 Å². The van der Waals surface area contributed by atoms with E-state index in [1.54, 1.807) is 42.3 Å². The number of likely N-dealkylation sites (N-methyl/N-ethyl adjacent to an activating group) is 1. The van der Waals surface area contributed by atoms with Gasteiger partial charge in [-0.3, -0.25) is 19.3 Å². The zero-order valence-electron chi connectivity index (χ0n) is 22.0. The van der Waals surface area contributed by atoms with Crippen molar-refractivity contribution in [2.75, 3.05) is 57.9 Å². The van der Waals surface area contributed by atoms with Crippen LogP contribution in [0.15, 0.2) is 48.0 Å². The number of carbonyl (C=O) groups excluding carboxylic acids is 3. The fraction of sp³-hybridized carbons (Fsp3) is 0.414. The molecule has 3 aliphatic heterocycles. The Hall–Kier alpha value is -3.69. The van der Waals surface area contributed by atoms with Crippen LogP contribution in [-0.4, -0.2) is 85.6 Å². The van der Waals surface area contributed by atoms with Crippen LogP contribution in [0.2, 0.25) is 0 Å². The number of benzene rings is 2. The third kappa shape index (κ3) is 3.88. The van der Waals surface area contributed by atoms with E-state index in [2.05, 4.69) is 4.90 Å². The lowest BCUT2D eigenvalue weighted by atomic mass is 9.81. The number of Topliss-reactive ketones (excluding diaryl/α,β-unsaturated/α-hetero) is 1. The molecule has 9 heteroatoms. The van der Waals surface area contributed by atoms with Gasteiger partial charge in [-0.25, -0.2) is 0 Å². The van der Waals surface area contributed by atoms with Crippen LogP contribution in [0.5, 0.6) is 5.75 Å². The number of amides is 2. The number of likely N-dealkylation sites (tertiary alicyclic amines) is 1. The third-order valence-electron chi connectivity index (χ3n) is 7.75. The molecule has 5 rings (SSSR count). The number of morpholine rings is 1. The van der Waals surface area contributed by atoms with Crippen LogP contribution in [0.4, 0.5) is 5.69 Å². The SMILES string of the molecule is CCN1C(=O)[C@]2(C(=C(O)c3ccc(OC)c(C)c3)C(=O)C(=O)N2CCCN2CCOCC2)c2ccccc21. The van der Waals surface area contributed by atoms with Crippen molar-refractivity contribution in [1.82, 2.24) is 9.80 Å². The summed E-state index contributed by atoms with van der Waals surface area (Å²) in [5.41, 5.74) is 0.338. The smallest absolute Gasteiger partial charge is 0.296 e. The van der Waals surface area contributed by atoms with Crippen LogP contribution in [0.25, 0.3) is 5.76 Å². The number of hydrogen-bond donors (Lipinski definition) is 1. The highest BCUT2D eigenvalue weighted by Crippen LogP contribution is 2.53. The van der Waals surface area contributed by atoms with Crippen LogP contribution in [0.3, 0.4) is 0 Å². The number of hydrogen-bond acceptors (Lipinski definition) is 7. The molecule has 0 radical (unpaired) electrons. The Morgan fingerprint density at radius 2 is 1.82 bits per heavy atom. The number of aryl methyl sites for hydroxylation is 1. The molecule has 2 aromatic rings. The monoisotopic (exact) mass is 519 g/mol. The lowest BCUT2D eigenvalue weighted by molar-refractivity contribution is -0.143. The summed E-state index contributed by atoms with van der Waals surface area (Å²) in [7, 11) is 1.55. The maximum Gasteiger partial charge on any atom is 0.296 e. The van der Waals surface area contributed by atoms with Crippen molar-refractivity contribution in [3.8, 4) is 5.75 Å². The van der Waals surface area contributed by atoms with Crippen molar-refractivity contribution in [2.45, 2.75) is 25.8 Å². The van der Waals surface area contributed by atoms with Gasteiger partial charge in [-0.2, -0.15) is 0 Å². The number of aliphatic hydroxyl groups excluding tert-OH is 1. The van der Waals surface area contributed by atoms with Gasteiger partial charge in [-0.1, -0.05) is 18.2 Å². The van der Waals surface area contributed by atoms with Crippen LogP contribution < -0.4 is 9.64 Å². The molecule has 0 bridgehead atoms. The van der Waals surface area contributed by atoms with Crippen LogP contribution in [0.1, 0.15) is 30.0 Å². The highest BCUT2D eigenvalue weighted by Gasteiger charge is 2.66. The summed E-state index contributed by atoms with van der Waals surface area (Å²) in [6.45, 7) is 7.84. The molecular formula is C29H33N3O6. The van der Waals surface area contributed by atoms with Gasteiger partial charge in [0.2, 0.25) is 0 Å². The Labute approximate surface area is 222 Å². The molecule has 2 fully saturated rings. The summed E-state index contributed by atoms with van der Waals surface area (Å²) in [5.74, 6) is -1.79. The fourth-order valence-corrected chi connectivity index (χ4v) is 5.93. The molecular weight excluding hydrogens is 486 g/mol. The van der Waals surface area contributed by atoms with E-state index in [0.717, 1.165) is 18.7 Å². The standard InChI is InChI=1S/C29H33N3O6/c1-4-31-22-9-6-5-8-21(22)29(28(31)36)24(25(33)20-10-11-23(37-3)19(2)18-20)26(34)27(35)32(29)13-7-12-30-14-16-38-17-15-30/h5-6,8-11,18,33H,4,7,12-17H2,1-3H3/t29-/m1/s1. The van der Waals surface area contributed by atoms with Crippen molar-refractivity contribution in [3.05, 3.63) is 64.7 Å². The van der Waals surface area contributed by atoms with Gasteiger partial charge in [0.1, 0.15) is 11.5 Å². The number of para-hydroxylation sites is 1. The second kappa shape index (κ2) is 10.2. The predicted octanol–water partition coefficient (Wildman–Crippen LogP) is 2.67. The Morgan fingerprint density at radius 3 is 2.50 bits per heavy atom. The molecule has 0 saturated carbocycles. The fourth-order valence-electron chi connectivity index (χ4n) is 5.93. The van der Waals surface area contributed by atoms with Gasteiger partial charge in [-0.15, -0.1) is 0 Å². The topological polar surface area (TPSA) is 99.6 Å². The Bertz CT molecular complexity index is 1320. The van der Waals surface area contributed by atoms with Gasteiger partial charge in [0.25, 0.3) is 17.6 Å². The number of nitrogens with zero attached hydrogens (tertiary/aromatic N) is 3. The predicted molar refractivity (Wildman–Crippen MR) is 142 cm³/mol. The number of ketones is 1. The molecule has 3 aliphatic rings. The van der Waals surface area contributed by atoms with E-state index in [1.165, 1.54) is 4.90 Å². The van der Waals surface area contributed by atoms with Crippen LogP contribution in [0, 0.1) is 6.92 Å². The zero-order valence-corrected chi connectivity index (χ0v) is 22.0. The van der Waals surface area contributed by atoms with Gasteiger partial charge >= 0.3 is 0 Å². The molecule has 0 unspecified atom stereocenters. The first-order chi connectivity index (χ1) is 18.4. The summed E-state index contributed by atoms with van der Waals surface area (Å²) in [6.07, 6.45) is 0.567. The number of aliphatic hydroxyl groups is 1. The molecule has 2 amide bonds. The normalized spacial score (nSPS) is 23.0. The van der Waals surface area contributed by atoms with E-state index >= 15 is 0 Å². The van der Waals surface area contributed by atoms with E-state index in [0.29, 0.717) is 55.3 Å². The minimum atomic E-state index is -1.73. The van der Waals surface area contributed by atoms with E-state index < -0.39 is 23.1 Å². The lowest BCUT2D eigenvalue weighted by Gasteiger charge is -2.35. The quantitative estimate of drug-likeness (QED) is 0.341. The second-order valence-electron chi connectivity index (χ2n) is 9.78. The number of ether oxygens (including phenoxy) is 2. The van der Waals surface area contributed by atoms with Gasteiger partial charge < -0.3 is 24.4 Å². The van der Waals surface area contributed by atoms with Crippen molar-refractivity contribution in [2.24, 2.45) is 0 Å². The maximum absolute atomic E-state index is 14.3. The first-order valence-corrected chi connectivity index (χ1v) is 13.0. The van der Waals surface area contributed by atoms with Crippen LogP contribution >= 0.6 is 0 Å². The molecule has 9 nitrogen and oxygen atoms in total. The number of rotatable bonds is 7. The van der Waals surface area contributed by atoms with E-state index in [4.69, 9.17) is 9.47 Å².